The molecule has 19 heavy (non-hydrogen) atoms. The van der Waals surface area contributed by atoms with Crippen molar-refractivity contribution in [3.8, 4) is 0 Å². The third kappa shape index (κ3) is 2.49. The van der Waals surface area contributed by atoms with Crippen LogP contribution in [0.25, 0.3) is 0 Å². The lowest BCUT2D eigenvalue weighted by Gasteiger charge is -2.32. The van der Waals surface area contributed by atoms with Gasteiger partial charge in [-0.3, -0.25) is 4.79 Å². The molecule has 2 aliphatic rings. The van der Waals surface area contributed by atoms with E-state index < -0.39 is 7.12 Å². The minimum absolute atomic E-state index is 0.251. The first-order chi connectivity index (χ1) is 8.64. The van der Waals surface area contributed by atoms with Gasteiger partial charge in [0.2, 0.25) is 5.91 Å². The summed E-state index contributed by atoms with van der Waals surface area (Å²) in [4.78, 5) is 11.5. The second kappa shape index (κ2) is 4.49. The van der Waals surface area contributed by atoms with Gasteiger partial charge in [0, 0.05) is 0 Å². The average Bonchev–Trinajstić information content (AvgIpc) is 2.48. The van der Waals surface area contributed by atoms with Crippen molar-refractivity contribution >= 4 is 13.0 Å². The van der Waals surface area contributed by atoms with E-state index >= 15 is 0 Å². The van der Waals surface area contributed by atoms with Crippen LogP contribution in [0, 0.1) is 5.92 Å². The van der Waals surface area contributed by atoms with Gasteiger partial charge >= 0.3 is 7.12 Å². The Hall–Kier alpha value is -1.07. The Balaban J connectivity index is 2.20. The molecule has 0 saturated carbocycles. The predicted octanol–water partition coefficient (Wildman–Crippen LogP) is 2.00. The number of allylic oxidation sites excluding steroid dienone is 3. The summed E-state index contributed by atoms with van der Waals surface area (Å²) in [5, 5.41) is 0. The van der Waals surface area contributed by atoms with Gasteiger partial charge in [0.15, 0.2) is 0 Å². The molecule has 0 radical (unpaired) electrons. The average molecular weight is 263 g/mol. The zero-order valence-electron chi connectivity index (χ0n) is 12.3. The van der Waals surface area contributed by atoms with E-state index in [0.717, 1.165) is 11.0 Å². The van der Waals surface area contributed by atoms with E-state index in [0.29, 0.717) is 6.42 Å². The number of nitrogens with two attached hydrogens (primary N) is 1. The molecule has 0 aromatic rings. The van der Waals surface area contributed by atoms with Crippen molar-refractivity contribution in [3.63, 3.8) is 0 Å². The highest BCUT2D eigenvalue weighted by molar-refractivity contribution is 6.54. The molecule has 0 bridgehead atoms. The molecule has 1 amide bonds. The quantitative estimate of drug-likeness (QED) is 0.775. The first kappa shape index (κ1) is 14.3. The molecule has 1 fully saturated rings. The van der Waals surface area contributed by atoms with Crippen LogP contribution in [-0.4, -0.2) is 24.2 Å². The molecule has 1 saturated heterocycles. The smallest absolute Gasteiger partial charge is 0.400 e. The number of rotatable bonds is 2. The largest absolute Gasteiger partial charge is 0.490 e. The molecule has 1 heterocycles. The predicted molar refractivity (Wildman–Crippen MR) is 75.2 cm³/mol. The van der Waals surface area contributed by atoms with Gasteiger partial charge in [-0.05, 0) is 46.5 Å². The van der Waals surface area contributed by atoms with Crippen molar-refractivity contribution in [3.05, 3.63) is 23.2 Å². The maximum atomic E-state index is 11.5. The maximum absolute atomic E-state index is 11.5. The summed E-state index contributed by atoms with van der Waals surface area (Å²) in [6, 6.07) is 0. The topological polar surface area (TPSA) is 61.6 Å². The first-order valence-corrected chi connectivity index (χ1v) is 6.66. The van der Waals surface area contributed by atoms with Crippen LogP contribution in [0.5, 0.6) is 0 Å². The van der Waals surface area contributed by atoms with E-state index in [1.54, 1.807) is 0 Å². The van der Waals surface area contributed by atoms with E-state index in [1.165, 1.54) is 0 Å². The number of hydrogen-bond donors (Lipinski definition) is 1. The molecule has 1 unspecified atom stereocenters. The van der Waals surface area contributed by atoms with Crippen molar-refractivity contribution in [1.29, 1.82) is 0 Å². The third-order valence-corrected chi connectivity index (χ3v) is 4.45. The molecule has 2 rings (SSSR count). The van der Waals surface area contributed by atoms with E-state index in [-0.39, 0.29) is 23.0 Å². The maximum Gasteiger partial charge on any atom is 0.490 e. The molecule has 1 aliphatic carbocycles. The normalized spacial score (nSPS) is 28.9. The number of carbonyl (C=O) groups is 1. The summed E-state index contributed by atoms with van der Waals surface area (Å²) in [5.74, 6) is -0.546. The zero-order chi connectivity index (χ0) is 14.4. The fraction of sp³-hybridized carbons (Fsp3) is 0.643. The Morgan fingerprint density at radius 3 is 2.26 bits per heavy atom. The molecule has 0 spiro atoms. The Bertz CT molecular complexity index is 449. The van der Waals surface area contributed by atoms with Crippen molar-refractivity contribution in [2.45, 2.75) is 52.2 Å². The van der Waals surface area contributed by atoms with Crippen LogP contribution in [0.2, 0.25) is 0 Å². The van der Waals surface area contributed by atoms with Gasteiger partial charge in [-0.25, -0.2) is 0 Å². The van der Waals surface area contributed by atoms with E-state index in [1.807, 2.05) is 46.8 Å². The highest BCUT2D eigenvalue weighted by atomic mass is 16.7. The number of carbonyl (C=O) groups excluding carboxylic acids is 1. The monoisotopic (exact) mass is 263 g/mol. The zero-order valence-corrected chi connectivity index (χ0v) is 12.3. The van der Waals surface area contributed by atoms with Crippen LogP contribution < -0.4 is 5.73 Å². The Kier molecular flexibility index (Phi) is 3.39. The van der Waals surface area contributed by atoms with Crippen LogP contribution >= 0.6 is 0 Å². The van der Waals surface area contributed by atoms with Gasteiger partial charge in [-0.2, -0.15) is 0 Å². The standard InChI is InChI=1S/C14H22BNO3/c1-9-6-7-10(8-11(9)12(16)17)15-18-13(2,3)14(4,5)19-15/h6-7,11H,8H2,1-5H3,(H2,16,17). The van der Waals surface area contributed by atoms with Crippen LogP contribution in [0.15, 0.2) is 23.2 Å². The fourth-order valence-electron chi connectivity index (χ4n) is 2.31. The van der Waals surface area contributed by atoms with Crippen LogP contribution in [0.3, 0.4) is 0 Å². The van der Waals surface area contributed by atoms with Crippen molar-refractivity contribution in [1.82, 2.24) is 0 Å². The van der Waals surface area contributed by atoms with Crippen LogP contribution in [0.4, 0.5) is 0 Å². The minimum Gasteiger partial charge on any atom is -0.400 e. The lowest BCUT2D eigenvalue weighted by Crippen LogP contribution is -2.41. The Morgan fingerprint density at radius 2 is 1.79 bits per heavy atom. The second-order valence-electron chi connectivity index (χ2n) is 6.40. The molecular weight excluding hydrogens is 241 g/mol. The molecule has 1 aliphatic heterocycles. The molecule has 0 aromatic heterocycles. The van der Waals surface area contributed by atoms with Gasteiger partial charge in [0.05, 0.1) is 17.1 Å². The first-order valence-electron chi connectivity index (χ1n) is 6.66. The van der Waals surface area contributed by atoms with Gasteiger partial charge in [0.25, 0.3) is 0 Å². The third-order valence-electron chi connectivity index (χ3n) is 4.45. The van der Waals surface area contributed by atoms with Crippen molar-refractivity contribution in [2.75, 3.05) is 0 Å². The van der Waals surface area contributed by atoms with Gasteiger partial charge in [0.1, 0.15) is 0 Å². The SMILES string of the molecule is CC1=CC=C(B2OC(C)(C)C(C)(C)O2)CC1C(N)=O. The van der Waals surface area contributed by atoms with E-state index in [2.05, 4.69) is 0 Å². The Labute approximate surface area is 115 Å². The summed E-state index contributed by atoms with van der Waals surface area (Å²) >= 11 is 0. The van der Waals surface area contributed by atoms with Crippen molar-refractivity contribution in [2.24, 2.45) is 11.7 Å². The van der Waals surface area contributed by atoms with Crippen LogP contribution in [-0.2, 0) is 14.1 Å². The molecule has 0 aromatic carbocycles. The molecule has 5 heteroatoms. The fourth-order valence-corrected chi connectivity index (χ4v) is 2.31. The second-order valence-corrected chi connectivity index (χ2v) is 6.40. The van der Waals surface area contributed by atoms with Gasteiger partial charge in [-0.15, -0.1) is 0 Å². The summed E-state index contributed by atoms with van der Waals surface area (Å²) in [5.41, 5.74) is 6.68. The molecule has 1 atom stereocenters. The molecule has 2 N–H and O–H groups in total. The van der Waals surface area contributed by atoms with Gasteiger partial charge in [-0.1, -0.05) is 17.7 Å². The van der Waals surface area contributed by atoms with E-state index in [4.69, 9.17) is 15.0 Å². The number of primary amides is 1. The molecule has 4 nitrogen and oxygen atoms in total. The van der Waals surface area contributed by atoms with E-state index in [9.17, 15) is 4.79 Å². The molecular formula is C14H22BNO3. The summed E-state index contributed by atoms with van der Waals surface area (Å²) in [6.07, 6.45) is 4.49. The number of amides is 1. The van der Waals surface area contributed by atoms with Gasteiger partial charge < -0.3 is 15.0 Å². The van der Waals surface area contributed by atoms with Crippen LogP contribution in [0.1, 0.15) is 41.0 Å². The lowest BCUT2D eigenvalue weighted by atomic mass is 9.70. The lowest BCUT2D eigenvalue weighted by molar-refractivity contribution is -0.120. The van der Waals surface area contributed by atoms with Crippen molar-refractivity contribution < 1.29 is 14.1 Å². The number of hydrogen-bond acceptors (Lipinski definition) is 3. The molecule has 104 valence electrons. The highest BCUT2D eigenvalue weighted by Crippen LogP contribution is 2.40. The summed E-state index contributed by atoms with van der Waals surface area (Å²) < 4.78 is 12.0. The minimum atomic E-state index is -0.392. The highest BCUT2D eigenvalue weighted by Gasteiger charge is 2.52. The summed E-state index contributed by atoms with van der Waals surface area (Å²) in [6.45, 7) is 9.99. The summed E-state index contributed by atoms with van der Waals surface area (Å²) in [7, 11) is -0.392. The Morgan fingerprint density at radius 1 is 1.26 bits per heavy atom.